The molecule has 0 aromatic heterocycles. The van der Waals surface area contributed by atoms with Crippen LogP contribution in [0.1, 0.15) is 32.1 Å². The number of nitrogens with one attached hydrogen (secondary N) is 1. The van der Waals surface area contributed by atoms with E-state index < -0.39 is 32.1 Å². The number of ether oxygens (including phenoxy) is 2. The van der Waals surface area contributed by atoms with Gasteiger partial charge in [-0.25, -0.2) is 8.42 Å². The van der Waals surface area contributed by atoms with Crippen LogP contribution in [0.15, 0.2) is 23.1 Å². The van der Waals surface area contributed by atoms with E-state index in [0.29, 0.717) is 31.4 Å². The fourth-order valence-corrected chi connectivity index (χ4v) is 6.38. The van der Waals surface area contributed by atoms with Crippen LogP contribution in [0.5, 0.6) is 5.75 Å². The van der Waals surface area contributed by atoms with E-state index >= 15 is 0 Å². The first-order valence-corrected chi connectivity index (χ1v) is 10.5. The molecule has 2 atom stereocenters. The Morgan fingerprint density at radius 2 is 2.04 bits per heavy atom. The molecule has 2 unspecified atom stereocenters. The summed E-state index contributed by atoms with van der Waals surface area (Å²) in [5.74, 6) is -0.286. The third-order valence-corrected chi connectivity index (χ3v) is 8.40. The quantitative estimate of drug-likeness (QED) is 0.768. The third-order valence-electron chi connectivity index (χ3n) is 5.43. The Kier molecular flexibility index (Phi) is 5.14. The third kappa shape index (κ3) is 3.08. The molecular formula is C18H21ClN2O5S. The monoisotopic (exact) mass is 412 g/mol. The summed E-state index contributed by atoms with van der Waals surface area (Å²) in [6.07, 6.45) is 1.23. The maximum Gasteiger partial charge on any atom is 0.245 e. The van der Waals surface area contributed by atoms with Crippen molar-refractivity contribution in [2.45, 2.75) is 53.4 Å². The van der Waals surface area contributed by atoms with Crippen LogP contribution in [-0.2, 0) is 19.4 Å². The Morgan fingerprint density at radius 1 is 1.33 bits per heavy atom. The topological polar surface area (TPSA) is 105 Å². The van der Waals surface area contributed by atoms with Crippen molar-refractivity contribution in [2.75, 3.05) is 14.2 Å². The molecule has 0 bridgehead atoms. The fourth-order valence-electron chi connectivity index (χ4n) is 3.68. The van der Waals surface area contributed by atoms with Crippen molar-refractivity contribution in [1.82, 2.24) is 5.32 Å². The number of amides is 1. The Hall–Kier alpha value is -1.82. The molecule has 1 amide bonds. The van der Waals surface area contributed by atoms with E-state index in [1.54, 1.807) is 0 Å². The highest BCUT2D eigenvalue weighted by Crippen LogP contribution is 2.46. The molecule has 2 saturated carbocycles. The maximum atomic E-state index is 13.6. The van der Waals surface area contributed by atoms with Crippen LogP contribution in [0.25, 0.3) is 0 Å². The number of benzene rings is 1. The molecule has 2 aliphatic carbocycles. The zero-order chi connectivity index (χ0) is 19.9. The molecule has 1 N–H and O–H groups in total. The van der Waals surface area contributed by atoms with Crippen LogP contribution >= 0.6 is 11.6 Å². The van der Waals surface area contributed by atoms with Gasteiger partial charge in [-0.3, -0.25) is 4.79 Å². The molecule has 7 nitrogen and oxygen atoms in total. The van der Waals surface area contributed by atoms with Gasteiger partial charge in [0.05, 0.1) is 29.2 Å². The number of rotatable bonds is 6. The molecule has 0 aliphatic heterocycles. The lowest BCUT2D eigenvalue weighted by molar-refractivity contribution is -0.127. The summed E-state index contributed by atoms with van der Waals surface area (Å²) in [4.78, 5) is 13.1. The molecule has 146 valence electrons. The molecule has 1 aromatic rings. The molecule has 9 heteroatoms. The SMILES string of the molecule is COc1ccc(S(=O)(=O)C2(C(=O)NC3(C#N)CC3)CCCC2OC)c(Cl)c1. The molecular weight excluding hydrogens is 392 g/mol. The standard InChI is InChI=1S/C18H21ClN2O5S/c1-25-12-5-6-14(13(19)10-12)27(23,24)18(7-3-4-15(18)26-2)16(22)21-17(11-20)8-9-17/h5-6,10,15H,3-4,7-9H2,1-2H3,(H,21,22). The van der Waals surface area contributed by atoms with Gasteiger partial charge in [0, 0.05) is 13.2 Å². The lowest BCUT2D eigenvalue weighted by Gasteiger charge is -2.33. The van der Waals surface area contributed by atoms with Gasteiger partial charge in [-0.15, -0.1) is 0 Å². The van der Waals surface area contributed by atoms with Gasteiger partial charge >= 0.3 is 0 Å². The fraction of sp³-hybridized carbons (Fsp3) is 0.556. The zero-order valence-electron chi connectivity index (χ0n) is 15.1. The minimum absolute atomic E-state index is 0.0234. The normalized spacial score (nSPS) is 26.2. The zero-order valence-corrected chi connectivity index (χ0v) is 16.7. The van der Waals surface area contributed by atoms with Gasteiger partial charge < -0.3 is 14.8 Å². The van der Waals surface area contributed by atoms with E-state index in [-0.39, 0.29) is 16.3 Å². The Bertz CT molecular complexity index is 907. The van der Waals surface area contributed by atoms with Gasteiger partial charge in [0.1, 0.15) is 11.3 Å². The van der Waals surface area contributed by atoms with Crippen LogP contribution in [0.2, 0.25) is 5.02 Å². The maximum absolute atomic E-state index is 13.6. The number of carbonyl (C=O) groups excluding carboxylic acids is 1. The van der Waals surface area contributed by atoms with Crippen molar-refractivity contribution in [3.8, 4) is 11.8 Å². The van der Waals surface area contributed by atoms with Crippen molar-refractivity contribution < 1.29 is 22.7 Å². The van der Waals surface area contributed by atoms with Crippen molar-refractivity contribution in [3.63, 3.8) is 0 Å². The lowest BCUT2D eigenvalue weighted by Crippen LogP contribution is -2.59. The molecule has 1 aromatic carbocycles. The van der Waals surface area contributed by atoms with Gasteiger partial charge in [-0.1, -0.05) is 11.6 Å². The highest BCUT2D eigenvalue weighted by molar-refractivity contribution is 7.93. The van der Waals surface area contributed by atoms with Crippen molar-refractivity contribution in [1.29, 1.82) is 5.26 Å². The van der Waals surface area contributed by atoms with E-state index in [1.165, 1.54) is 32.4 Å². The molecule has 2 aliphatic rings. The summed E-state index contributed by atoms with van der Waals surface area (Å²) in [6.45, 7) is 0. The van der Waals surface area contributed by atoms with Crippen LogP contribution in [0.3, 0.4) is 0 Å². The number of hydrogen-bond acceptors (Lipinski definition) is 6. The van der Waals surface area contributed by atoms with E-state index in [4.69, 9.17) is 21.1 Å². The largest absolute Gasteiger partial charge is 0.497 e. The highest BCUT2D eigenvalue weighted by Gasteiger charge is 2.62. The molecule has 27 heavy (non-hydrogen) atoms. The summed E-state index contributed by atoms with van der Waals surface area (Å²) in [7, 11) is -1.37. The molecule has 0 saturated heterocycles. The number of hydrogen-bond donors (Lipinski definition) is 1. The highest BCUT2D eigenvalue weighted by atomic mass is 35.5. The molecule has 0 heterocycles. The number of nitrogens with zero attached hydrogens (tertiary/aromatic N) is 1. The van der Waals surface area contributed by atoms with Gasteiger partial charge in [-0.2, -0.15) is 5.26 Å². The van der Waals surface area contributed by atoms with Crippen molar-refractivity contribution in [2.24, 2.45) is 0 Å². The Balaban J connectivity index is 2.10. The van der Waals surface area contributed by atoms with Crippen LogP contribution in [0, 0.1) is 11.3 Å². The van der Waals surface area contributed by atoms with Gasteiger partial charge in [0.2, 0.25) is 5.91 Å². The number of sulfone groups is 1. The number of nitriles is 1. The second kappa shape index (κ2) is 6.97. The van der Waals surface area contributed by atoms with Crippen LogP contribution < -0.4 is 10.1 Å². The van der Waals surface area contributed by atoms with Gasteiger partial charge in [0.25, 0.3) is 0 Å². The summed E-state index contributed by atoms with van der Waals surface area (Å²) in [5.41, 5.74) is -0.982. The molecule has 2 fully saturated rings. The van der Waals surface area contributed by atoms with E-state index in [1.807, 2.05) is 0 Å². The average Bonchev–Trinajstić information content (AvgIpc) is 3.27. The molecule has 0 spiro atoms. The van der Waals surface area contributed by atoms with Gasteiger partial charge in [0.15, 0.2) is 14.6 Å². The smallest absolute Gasteiger partial charge is 0.245 e. The van der Waals surface area contributed by atoms with E-state index in [2.05, 4.69) is 11.4 Å². The van der Waals surface area contributed by atoms with Crippen molar-refractivity contribution in [3.05, 3.63) is 23.2 Å². The van der Waals surface area contributed by atoms with E-state index in [0.717, 1.165) is 0 Å². The Labute approximate surface area is 163 Å². The predicted octanol–water partition coefficient (Wildman–Crippen LogP) is 2.23. The number of carbonyl (C=O) groups is 1. The summed E-state index contributed by atoms with van der Waals surface area (Å²) < 4.78 is 35.9. The van der Waals surface area contributed by atoms with Gasteiger partial charge in [-0.05, 0) is 44.2 Å². The lowest BCUT2D eigenvalue weighted by atomic mass is 10.0. The summed E-state index contributed by atoms with van der Waals surface area (Å²) in [6, 6.07) is 6.29. The Morgan fingerprint density at radius 3 is 2.56 bits per heavy atom. The first kappa shape index (κ1) is 19.9. The minimum Gasteiger partial charge on any atom is -0.497 e. The van der Waals surface area contributed by atoms with Crippen LogP contribution in [-0.4, -0.2) is 44.9 Å². The average molecular weight is 413 g/mol. The summed E-state index contributed by atoms with van der Waals surface area (Å²) in [5, 5.41) is 11.9. The number of methoxy groups -OCH3 is 2. The van der Waals surface area contributed by atoms with E-state index in [9.17, 15) is 18.5 Å². The van der Waals surface area contributed by atoms with Crippen molar-refractivity contribution >= 4 is 27.3 Å². The molecule has 3 rings (SSSR count). The second-order valence-corrected chi connectivity index (χ2v) is 9.54. The summed E-state index contributed by atoms with van der Waals surface area (Å²) >= 11 is 6.22. The first-order valence-electron chi connectivity index (χ1n) is 8.61. The second-order valence-electron chi connectivity index (χ2n) is 6.95. The molecule has 0 radical (unpaired) electrons. The minimum atomic E-state index is -4.20. The predicted molar refractivity (Wildman–Crippen MR) is 98.3 cm³/mol. The number of halogens is 1. The first-order chi connectivity index (χ1) is 12.8. The van der Waals surface area contributed by atoms with Crippen LogP contribution in [0.4, 0.5) is 0 Å².